The summed E-state index contributed by atoms with van der Waals surface area (Å²) in [5.74, 6) is -0.373. The summed E-state index contributed by atoms with van der Waals surface area (Å²) in [5, 5.41) is 9.38. The number of amides is 1. The molecule has 1 rings (SSSR count). The summed E-state index contributed by atoms with van der Waals surface area (Å²) in [5.41, 5.74) is -0.779. The highest BCUT2D eigenvalue weighted by atomic mass is 16.4. The lowest BCUT2D eigenvalue weighted by molar-refractivity contribution is -0.160. The Morgan fingerprint density at radius 1 is 1.20 bits per heavy atom. The van der Waals surface area contributed by atoms with Crippen LogP contribution in [0.25, 0.3) is 0 Å². The van der Waals surface area contributed by atoms with Crippen molar-refractivity contribution in [3.8, 4) is 0 Å². The van der Waals surface area contributed by atoms with Crippen molar-refractivity contribution in [3.05, 3.63) is 0 Å². The maximum atomic E-state index is 12.6. The van der Waals surface area contributed by atoms with E-state index in [0.29, 0.717) is 18.8 Å². The highest BCUT2D eigenvalue weighted by molar-refractivity contribution is 5.85. The molecule has 1 amide bonds. The summed E-state index contributed by atoms with van der Waals surface area (Å²) in [7, 11) is 0. The summed E-state index contributed by atoms with van der Waals surface area (Å²) in [6.45, 7) is 9.09. The average molecular weight is 283 g/mol. The molecule has 0 spiro atoms. The van der Waals surface area contributed by atoms with E-state index in [9.17, 15) is 14.7 Å². The topological polar surface area (TPSA) is 57.6 Å². The predicted molar refractivity (Wildman–Crippen MR) is 79.5 cm³/mol. The van der Waals surface area contributed by atoms with Crippen LogP contribution in [0.4, 0.5) is 0 Å². The monoisotopic (exact) mass is 283 g/mol. The third-order valence-corrected chi connectivity index (χ3v) is 4.52. The molecule has 0 radical (unpaired) electrons. The zero-order valence-electron chi connectivity index (χ0n) is 13.3. The third kappa shape index (κ3) is 3.74. The van der Waals surface area contributed by atoms with Gasteiger partial charge in [0.2, 0.25) is 5.91 Å². The van der Waals surface area contributed by atoms with Crippen LogP contribution in [0.15, 0.2) is 0 Å². The number of rotatable bonds is 8. The van der Waals surface area contributed by atoms with Gasteiger partial charge in [-0.05, 0) is 31.6 Å². The highest BCUT2D eigenvalue weighted by Crippen LogP contribution is 2.44. The molecule has 4 nitrogen and oxygen atoms in total. The first-order chi connectivity index (χ1) is 9.36. The second-order valence-electron chi connectivity index (χ2n) is 6.53. The molecule has 0 aromatic carbocycles. The summed E-state index contributed by atoms with van der Waals surface area (Å²) in [6, 6.07) is 0.232. The first-order valence-electron chi connectivity index (χ1n) is 7.89. The molecular formula is C16H29NO3. The number of carbonyl (C=O) groups is 2. The second-order valence-corrected chi connectivity index (χ2v) is 6.53. The van der Waals surface area contributed by atoms with Crippen LogP contribution >= 0.6 is 0 Å². The van der Waals surface area contributed by atoms with Gasteiger partial charge < -0.3 is 10.0 Å². The summed E-state index contributed by atoms with van der Waals surface area (Å²) < 4.78 is 0. The number of nitrogens with zero attached hydrogens (tertiary/aromatic N) is 1. The van der Waals surface area contributed by atoms with E-state index in [-0.39, 0.29) is 18.4 Å². The van der Waals surface area contributed by atoms with Gasteiger partial charge in [0, 0.05) is 19.0 Å². The minimum Gasteiger partial charge on any atom is -0.481 e. The molecule has 0 unspecified atom stereocenters. The van der Waals surface area contributed by atoms with Crippen molar-refractivity contribution in [3.63, 3.8) is 0 Å². The van der Waals surface area contributed by atoms with Crippen LogP contribution in [0.5, 0.6) is 0 Å². The van der Waals surface area contributed by atoms with E-state index >= 15 is 0 Å². The van der Waals surface area contributed by atoms with Crippen LogP contribution in [-0.2, 0) is 9.59 Å². The second kappa shape index (κ2) is 7.09. The fourth-order valence-corrected chi connectivity index (χ4v) is 3.04. The van der Waals surface area contributed by atoms with E-state index in [4.69, 9.17) is 0 Å². The Morgan fingerprint density at radius 3 is 2.05 bits per heavy atom. The molecule has 0 saturated heterocycles. The van der Waals surface area contributed by atoms with E-state index in [1.54, 1.807) is 0 Å². The van der Waals surface area contributed by atoms with E-state index in [1.165, 1.54) is 0 Å². The molecule has 0 bridgehead atoms. The standard InChI is InChI=1S/C16H29NO3/c1-5-13(6-2)17(11-12(3)4)14(18)10-16(15(19)20)8-7-9-16/h12-13H,5-11H2,1-4H3,(H,19,20). The van der Waals surface area contributed by atoms with Crippen LogP contribution in [0.3, 0.4) is 0 Å². The van der Waals surface area contributed by atoms with Gasteiger partial charge in [-0.3, -0.25) is 9.59 Å². The Kier molecular flexibility index (Phi) is 6.03. The zero-order valence-corrected chi connectivity index (χ0v) is 13.3. The maximum absolute atomic E-state index is 12.6. The molecule has 1 N–H and O–H groups in total. The van der Waals surface area contributed by atoms with Gasteiger partial charge in [-0.25, -0.2) is 0 Å². The molecule has 1 saturated carbocycles. The van der Waals surface area contributed by atoms with E-state index in [0.717, 1.165) is 25.8 Å². The first kappa shape index (κ1) is 17.0. The van der Waals surface area contributed by atoms with Gasteiger partial charge in [-0.1, -0.05) is 34.1 Å². The number of carboxylic acid groups (broad SMARTS) is 1. The van der Waals surface area contributed by atoms with Gasteiger partial charge in [-0.15, -0.1) is 0 Å². The number of hydrogen-bond donors (Lipinski definition) is 1. The maximum Gasteiger partial charge on any atom is 0.310 e. The molecule has 0 aromatic heterocycles. The van der Waals surface area contributed by atoms with Crippen molar-refractivity contribution in [1.82, 2.24) is 4.90 Å². The quantitative estimate of drug-likeness (QED) is 0.743. The molecule has 116 valence electrons. The number of carboxylic acids is 1. The molecule has 0 aliphatic heterocycles. The van der Waals surface area contributed by atoms with Crippen LogP contribution in [-0.4, -0.2) is 34.5 Å². The summed E-state index contributed by atoms with van der Waals surface area (Å²) >= 11 is 0. The minimum atomic E-state index is -0.800. The van der Waals surface area contributed by atoms with Gasteiger partial charge in [-0.2, -0.15) is 0 Å². The normalized spacial score (nSPS) is 17.1. The van der Waals surface area contributed by atoms with Gasteiger partial charge in [0.1, 0.15) is 0 Å². The van der Waals surface area contributed by atoms with E-state index in [1.807, 2.05) is 4.90 Å². The molecular weight excluding hydrogens is 254 g/mol. The Hall–Kier alpha value is -1.06. The van der Waals surface area contributed by atoms with E-state index in [2.05, 4.69) is 27.7 Å². The fourth-order valence-electron chi connectivity index (χ4n) is 3.04. The van der Waals surface area contributed by atoms with Crippen molar-refractivity contribution in [1.29, 1.82) is 0 Å². The van der Waals surface area contributed by atoms with Crippen molar-refractivity contribution in [2.45, 2.75) is 72.3 Å². The molecule has 1 aliphatic carbocycles. The lowest BCUT2D eigenvalue weighted by atomic mass is 9.66. The number of aliphatic carboxylic acids is 1. The van der Waals surface area contributed by atoms with Crippen LogP contribution < -0.4 is 0 Å². The van der Waals surface area contributed by atoms with Crippen LogP contribution in [0.1, 0.15) is 66.2 Å². The Balaban J connectivity index is 2.79. The summed E-state index contributed by atoms with van der Waals surface area (Å²) in [6.07, 6.45) is 4.24. The molecule has 0 aromatic rings. The molecule has 1 fully saturated rings. The predicted octanol–water partition coefficient (Wildman–Crippen LogP) is 3.30. The smallest absolute Gasteiger partial charge is 0.310 e. The molecule has 0 atom stereocenters. The molecule has 0 heterocycles. The Labute approximate surface area is 122 Å². The van der Waals surface area contributed by atoms with Gasteiger partial charge >= 0.3 is 5.97 Å². The largest absolute Gasteiger partial charge is 0.481 e. The van der Waals surface area contributed by atoms with Crippen molar-refractivity contribution >= 4 is 11.9 Å². The lowest BCUT2D eigenvalue weighted by Gasteiger charge is -2.40. The third-order valence-electron chi connectivity index (χ3n) is 4.52. The number of carbonyl (C=O) groups excluding carboxylic acids is 1. The minimum absolute atomic E-state index is 0.0227. The lowest BCUT2D eigenvalue weighted by Crippen LogP contribution is -2.47. The molecule has 1 aliphatic rings. The molecule has 4 heteroatoms. The first-order valence-corrected chi connectivity index (χ1v) is 7.89. The number of hydrogen-bond acceptors (Lipinski definition) is 2. The zero-order chi connectivity index (χ0) is 15.3. The van der Waals surface area contributed by atoms with Gasteiger partial charge in [0.15, 0.2) is 0 Å². The van der Waals surface area contributed by atoms with Crippen LogP contribution in [0, 0.1) is 11.3 Å². The highest BCUT2D eigenvalue weighted by Gasteiger charge is 2.46. The van der Waals surface area contributed by atoms with Crippen molar-refractivity contribution in [2.24, 2.45) is 11.3 Å². The van der Waals surface area contributed by atoms with Gasteiger partial charge in [0.05, 0.1) is 5.41 Å². The average Bonchev–Trinajstić information content (AvgIpc) is 2.32. The SMILES string of the molecule is CCC(CC)N(CC(C)C)C(=O)CC1(C(=O)O)CCC1. The van der Waals surface area contributed by atoms with Crippen LogP contribution in [0.2, 0.25) is 0 Å². The van der Waals surface area contributed by atoms with Crippen molar-refractivity contribution in [2.75, 3.05) is 6.54 Å². The summed E-state index contributed by atoms with van der Waals surface area (Å²) in [4.78, 5) is 26.0. The van der Waals surface area contributed by atoms with Gasteiger partial charge in [0.25, 0.3) is 0 Å². The Morgan fingerprint density at radius 2 is 1.75 bits per heavy atom. The van der Waals surface area contributed by atoms with Crippen molar-refractivity contribution < 1.29 is 14.7 Å². The van der Waals surface area contributed by atoms with E-state index < -0.39 is 11.4 Å². The molecule has 20 heavy (non-hydrogen) atoms. The fraction of sp³-hybridized carbons (Fsp3) is 0.875. The Bertz CT molecular complexity index is 344.